The van der Waals surface area contributed by atoms with Crippen LogP contribution in [0.25, 0.3) is 5.69 Å². The third-order valence-corrected chi connectivity index (χ3v) is 3.93. The van der Waals surface area contributed by atoms with E-state index in [1.54, 1.807) is 0 Å². The van der Waals surface area contributed by atoms with Crippen molar-refractivity contribution in [1.82, 2.24) is 9.55 Å². The van der Waals surface area contributed by atoms with Gasteiger partial charge in [0, 0.05) is 18.0 Å². The van der Waals surface area contributed by atoms with Crippen LogP contribution in [-0.2, 0) is 0 Å². The summed E-state index contributed by atoms with van der Waals surface area (Å²) in [5, 5.41) is 2.42. The number of halogens is 1. The SMILES string of the molecule is COc1ccc(-n2c(=O)[nH]cc(C(=O)Nc3cccc(F)c3)c2=O)cc1OC. The first-order valence-electron chi connectivity index (χ1n) is 8.08. The largest absolute Gasteiger partial charge is 0.493 e. The van der Waals surface area contributed by atoms with Crippen molar-refractivity contribution >= 4 is 11.6 Å². The van der Waals surface area contributed by atoms with Crippen molar-refractivity contribution in [2.75, 3.05) is 19.5 Å². The van der Waals surface area contributed by atoms with Gasteiger partial charge in [-0.3, -0.25) is 9.59 Å². The lowest BCUT2D eigenvalue weighted by Gasteiger charge is -2.11. The number of carbonyl (C=O) groups is 1. The Morgan fingerprint density at radius 3 is 2.50 bits per heavy atom. The standard InChI is InChI=1S/C19H16FN3O5/c1-27-15-7-6-13(9-16(15)28-2)23-18(25)14(10-21-19(23)26)17(24)22-12-5-3-4-11(20)8-12/h3-10H,1-2H3,(H,21,26)(H,22,24). The molecule has 2 N–H and O–H groups in total. The summed E-state index contributed by atoms with van der Waals surface area (Å²) in [7, 11) is 2.87. The molecular formula is C19H16FN3O5. The molecule has 3 aromatic rings. The zero-order valence-electron chi connectivity index (χ0n) is 15.0. The molecule has 0 aliphatic rings. The summed E-state index contributed by atoms with van der Waals surface area (Å²) in [6.45, 7) is 0. The number of aromatic nitrogens is 2. The van der Waals surface area contributed by atoms with E-state index in [0.717, 1.165) is 16.8 Å². The van der Waals surface area contributed by atoms with E-state index in [1.165, 1.54) is 50.6 Å². The van der Waals surface area contributed by atoms with Gasteiger partial charge in [-0.25, -0.2) is 13.8 Å². The Morgan fingerprint density at radius 2 is 1.82 bits per heavy atom. The number of methoxy groups -OCH3 is 2. The van der Waals surface area contributed by atoms with Gasteiger partial charge in [0.1, 0.15) is 11.4 Å². The summed E-state index contributed by atoms with van der Waals surface area (Å²) in [5.74, 6) is -0.611. The van der Waals surface area contributed by atoms with E-state index in [4.69, 9.17) is 9.47 Å². The number of amides is 1. The van der Waals surface area contributed by atoms with Crippen molar-refractivity contribution in [1.29, 1.82) is 0 Å². The predicted octanol–water partition coefficient (Wildman–Crippen LogP) is 1.93. The summed E-state index contributed by atoms with van der Waals surface area (Å²) >= 11 is 0. The summed E-state index contributed by atoms with van der Waals surface area (Å²) in [6, 6.07) is 9.66. The average Bonchev–Trinajstić information content (AvgIpc) is 2.67. The van der Waals surface area contributed by atoms with Crippen LogP contribution in [0, 0.1) is 5.82 Å². The summed E-state index contributed by atoms with van der Waals surface area (Å²) in [4.78, 5) is 39.8. The van der Waals surface area contributed by atoms with E-state index in [1.807, 2.05) is 0 Å². The van der Waals surface area contributed by atoms with Crippen LogP contribution in [0.15, 0.2) is 58.3 Å². The van der Waals surface area contributed by atoms with Crippen LogP contribution in [0.3, 0.4) is 0 Å². The molecule has 0 aliphatic heterocycles. The van der Waals surface area contributed by atoms with E-state index in [9.17, 15) is 18.8 Å². The number of H-pyrrole nitrogens is 1. The van der Waals surface area contributed by atoms with Crippen molar-refractivity contribution in [3.05, 3.63) is 80.9 Å². The Hall–Kier alpha value is -3.88. The fourth-order valence-corrected chi connectivity index (χ4v) is 2.60. The fraction of sp³-hybridized carbons (Fsp3) is 0.105. The Labute approximate surface area is 158 Å². The molecule has 1 amide bonds. The van der Waals surface area contributed by atoms with Crippen molar-refractivity contribution < 1.29 is 18.7 Å². The van der Waals surface area contributed by atoms with E-state index in [-0.39, 0.29) is 16.9 Å². The molecule has 8 nitrogen and oxygen atoms in total. The highest BCUT2D eigenvalue weighted by molar-refractivity contribution is 6.03. The number of hydrogen-bond donors (Lipinski definition) is 2. The maximum absolute atomic E-state index is 13.3. The fourth-order valence-electron chi connectivity index (χ4n) is 2.60. The van der Waals surface area contributed by atoms with Crippen LogP contribution < -0.4 is 26.0 Å². The van der Waals surface area contributed by atoms with Gasteiger partial charge in [0.15, 0.2) is 11.5 Å². The molecule has 0 radical (unpaired) electrons. The number of nitrogens with zero attached hydrogens (tertiary/aromatic N) is 1. The molecule has 2 aromatic carbocycles. The lowest BCUT2D eigenvalue weighted by Crippen LogP contribution is -2.38. The van der Waals surface area contributed by atoms with Gasteiger partial charge in [0.2, 0.25) is 0 Å². The predicted molar refractivity (Wildman–Crippen MR) is 100 cm³/mol. The smallest absolute Gasteiger partial charge is 0.333 e. The minimum atomic E-state index is -0.843. The molecule has 144 valence electrons. The van der Waals surface area contributed by atoms with Crippen LogP contribution in [0.5, 0.6) is 11.5 Å². The first kappa shape index (κ1) is 18.9. The highest BCUT2D eigenvalue weighted by atomic mass is 19.1. The lowest BCUT2D eigenvalue weighted by molar-refractivity contribution is 0.102. The minimum Gasteiger partial charge on any atom is -0.493 e. The first-order valence-corrected chi connectivity index (χ1v) is 8.08. The average molecular weight is 385 g/mol. The normalized spacial score (nSPS) is 10.4. The third-order valence-electron chi connectivity index (χ3n) is 3.93. The second-order valence-electron chi connectivity index (χ2n) is 5.65. The molecule has 0 atom stereocenters. The molecule has 0 aliphatic carbocycles. The molecule has 0 bridgehead atoms. The lowest BCUT2D eigenvalue weighted by atomic mass is 10.2. The van der Waals surface area contributed by atoms with Crippen molar-refractivity contribution in [3.63, 3.8) is 0 Å². The number of anilines is 1. The van der Waals surface area contributed by atoms with Gasteiger partial charge in [0.05, 0.1) is 19.9 Å². The molecule has 0 saturated heterocycles. The number of benzene rings is 2. The molecule has 3 rings (SSSR count). The first-order chi connectivity index (χ1) is 13.4. The molecular weight excluding hydrogens is 369 g/mol. The van der Waals surface area contributed by atoms with Gasteiger partial charge < -0.3 is 19.8 Å². The van der Waals surface area contributed by atoms with Crippen LogP contribution in [0.4, 0.5) is 10.1 Å². The Bertz CT molecular complexity index is 1150. The van der Waals surface area contributed by atoms with E-state index in [0.29, 0.717) is 11.5 Å². The molecule has 28 heavy (non-hydrogen) atoms. The Morgan fingerprint density at radius 1 is 1.07 bits per heavy atom. The maximum atomic E-state index is 13.3. The van der Waals surface area contributed by atoms with Crippen LogP contribution in [-0.4, -0.2) is 29.7 Å². The Kier molecular flexibility index (Phi) is 5.25. The summed E-state index contributed by atoms with van der Waals surface area (Å²) in [6.07, 6.45) is 1.01. The summed E-state index contributed by atoms with van der Waals surface area (Å²) < 4.78 is 24.4. The van der Waals surface area contributed by atoms with Gasteiger partial charge in [-0.1, -0.05) is 6.07 Å². The maximum Gasteiger partial charge on any atom is 0.333 e. The molecule has 9 heteroatoms. The second-order valence-corrected chi connectivity index (χ2v) is 5.65. The van der Waals surface area contributed by atoms with Crippen molar-refractivity contribution in [2.24, 2.45) is 0 Å². The van der Waals surface area contributed by atoms with E-state index in [2.05, 4.69) is 10.3 Å². The summed E-state index contributed by atoms with van der Waals surface area (Å²) in [5.41, 5.74) is -1.54. The second kappa shape index (κ2) is 7.78. The monoisotopic (exact) mass is 385 g/mol. The molecule has 0 unspecified atom stereocenters. The highest BCUT2D eigenvalue weighted by Gasteiger charge is 2.17. The van der Waals surface area contributed by atoms with Gasteiger partial charge in [-0.15, -0.1) is 0 Å². The van der Waals surface area contributed by atoms with Crippen LogP contribution in [0.1, 0.15) is 10.4 Å². The molecule has 0 spiro atoms. The van der Waals surface area contributed by atoms with Crippen LogP contribution >= 0.6 is 0 Å². The number of carbonyl (C=O) groups excluding carboxylic acids is 1. The van der Waals surface area contributed by atoms with Gasteiger partial charge in [-0.2, -0.15) is 0 Å². The number of hydrogen-bond acceptors (Lipinski definition) is 5. The number of nitrogens with one attached hydrogen (secondary N) is 2. The number of aromatic amines is 1. The van der Waals surface area contributed by atoms with Crippen LogP contribution in [0.2, 0.25) is 0 Å². The van der Waals surface area contributed by atoms with Gasteiger partial charge in [0.25, 0.3) is 11.5 Å². The highest BCUT2D eigenvalue weighted by Crippen LogP contribution is 2.28. The van der Waals surface area contributed by atoms with Crippen molar-refractivity contribution in [3.8, 4) is 17.2 Å². The van der Waals surface area contributed by atoms with Gasteiger partial charge >= 0.3 is 5.69 Å². The number of ether oxygens (including phenoxy) is 2. The van der Waals surface area contributed by atoms with E-state index < -0.39 is 23.0 Å². The Balaban J connectivity index is 2.04. The quantitative estimate of drug-likeness (QED) is 0.699. The van der Waals surface area contributed by atoms with Crippen molar-refractivity contribution in [2.45, 2.75) is 0 Å². The zero-order valence-corrected chi connectivity index (χ0v) is 15.0. The minimum absolute atomic E-state index is 0.174. The van der Waals surface area contributed by atoms with E-state index >= 15 is 0 Å². The molecule has 1 aromatic heterocycles. The molecule has 0 saturated carbocycles. The molecule has 1 heterocycles. The molecule has 0 fully saturated rings. The van der Waals surface area contributed by atoms with Gasteiger partial charge in [-0.05, 0) is 30.3 Å². The number of rotatable bonds is 5. The third kappa shape index (κ3) is 3.63. The topological polar surface area (TPSA) is 102 Å². The zero-order chi connectivity index (χ0) is 20.3.